The highest BCUT2D eigenvalue weighted by atomic mass is 16.5. The second kappa shape index (κ2) is 7.53. The van der Waals surface area contributed by atoms with Crippen LogP contribution in [0.1, 0.15) is 45.5 Å². The molecule has 82 heavy (non-hydrogen) atoms. The minimum absolute atomic E-state index is 0.0784. The maximum absolute atomic E-state index is 7.56. The Morgan fingerprint density at radius 3 is 0.756 bits per heavy atom. The standard InChI is InChI=1S/C80H15NO/c1-2-8-14(9-3-1)77-79-73-65-57-47-37-29-21-19-20-23-27-25(21)33-41-35(27)45-39-31(23)32-24(20)28-26-22(19)30(29)38-44-34(26)42-36(28)46-40(32)50-49(39)59-53(45)63-55(41)61(51(57)43(33)37)67(73)71(63)75-69(59)70-60(50)54(46)64-56(42)62-52(44)58(48(38)47)66(65)74(79)68(62)72(64)76(70)80(75,79)78-15-10-4-6-12-17(15)82-18-13-7-5-11-16(18)81(77)78/h1-13,77-78H/t77-,78+,79?,80?/m0/s1. The molecule has 31 aromatic rings. The van der Waals surface area contributed by atoms with E-state index in [2.05, 4.69) is 83.8 Å². The SMILES string of the molecule is c1ccc([C@@H]2N3c4ccccc4Oc4ccccc4[C@@H]3C34c5c6c7c8c9c%10c(c%11c%12c3c3c5c5c%13c6c6c7c7c9c9c%14c%10c%10c%11c%11c%12c%12c3c3c5c5c%13c%13c6c6c7c9c7c9c%14c%10c%10c%11c%11c%12c3c3c5c5c%13c6c7c6c9c%10c%11c3c56)C824)cc1. The zero-order valence-electron chi connectivity index (χ0n) is 42.0. The Bertz CT molecular complexity index is 8110. The van der Waals surface area contributed by atoms with E-state index in [4.69, 9.17) is 4.74 Å². The second-order valence-electron chi connectivity index (χ2n) is 29.1. The highest BCUT2D eigenvalue weighted by molar-refractivity contribution is 6.82. The van der Waals surface area contributed by atoms with Crippen molar-refractivity contribution in [3.63, 3.8) is 0 Å². The first-order valence-electron chi connectivity index (χ1n) is 30.4. The Balaban J connectivity index is 1.06. The quantitative estimate of drug-likeness (QED) is 0.152. The molecule has 0 N–H and O–H groups in total. The van der Waals surface area contributed by atoms with Gasteiger partial charge >= 0.3 is 0 Å². The lowest BCUT2D eigenvalue weighted by Gasteiger charge is -2.53. The highest BCUT2D eigenvalue weighted by Gasteiger charge is 2.80. The van der Waals surface area contributed by atoms with Gasteiger partial charge in [0.15, 0.2) is 5.75 Å². The molecule has 0 amide bonds. The summed E-state index contributed by atoms with van der Waals surface area (Å²) in [6, 6.07) is 30.8. The van der Waals surface area contributed by atoms with Crippen LogP contribution >= 0.6 is 0 Å². The summed E-state index contributed by atoms with van der Waals surface area (Å²) >= 11 is 0. The summed E-state index contributed by atoms with van der Waals surface area (Å²) in [4.78, 5) is 3.07. The predicted molar refractivity (Wildman–Crippen MR) is 341 cm³/mol. The van der Waals surface area contributed by atoms with Crippen molar-refractivity contribution < 1.29 is 4.74 Å². The summed E-state index contributed by atoms with van der Waals surface area (Å²) in [5.41, 5.74) is 9.72. The van der Waals surface area contributed by atoms with Gasteiger partial charge in [0, 0.05) is 5.56 Å². The van der Waals surface area contributed by atoms with Gasteiger partial charge in [-0.1, -0.05) is 60.7 Å². The Morgan fingerprint density at radius 1 is 0.220 bits per heavy atom. The zero-order valence-corrected chi connectivity index (χ0v) is 42.0. The molecule has 2 nitrogen and oxygen atoms in total. The number of nitrogens with zero attached hydrogens (tertiary/aromatic N) is 1. The van der Waals surface area contributed by atoms with Crippen molar-refractivity contribution >= 4 is 297 Å². The lowest BCUT2D eigenvalue weighted by Crippen LogP contribution is -2.52. The Labute approximate surface area is 450 Å². The van der Waals surface area contributed by atoms with Crippen molar-refractivity contribution in [3.8, 4) is 11.5 Å². The molecule has 1 saturated heterocycles. The molecule has 0 unspecified atom stereocenters. The van der Waals surface area contributed by atoms with E-state index >= 15 is 0 Å². The van der Waals surface area contributed by atoms with Gasteiger partial charge in [-0.3, -0.25) is 0 Å². The summed E-state index contributed by atoms with van der Waals surface area (Å²) in [5.74, 6) is 1.99. The van der Waals surface area contributed by atoms with Crippen LogP contribution in [-0.2, 0) is 10.8 Å². The topological polar surface area (TPSA) is 12.5 Å². The number of para-hydroxylation sites is 3. The van der Waals surface area contributed by atoms with Gasteiger partial charge < -0.3 is 9.64 Å². The van der Waals surface area contributed by atoms with E-state index in [1.54, 1.807) is 313 Å². The molecule has 0 aromatic heterocycles. The first-order valence-corrected chi connectivity index (χ1v) is 30.4. The average Bonchev–Trinajstić information content (AvgIpc) is 1.39. The molecule has 346 valence electrons. The molecule has 0 radical (unpaired) electrons. The average molecular weight is 1010 g/mol. The van der Waals surface area contributed by atoms with Crippen LogP contribution in [0.2, 0.25) is 0 Å². The van der Waals surface area contributed by atoms with Crippen LogP contribution in [0.4, 0.5) is 5.69 Å². The molecule has 2 heteroatoms. The Hall–Kier alpha value is -10.3. The summed E-state index contributed by atoms with van der Waals surface area (Å²) in [6.07, 6.45) is 0. The van der Waals surface area contributed by atoms with Crippen LogP contribution in [0, 0.1) is 0 Å². The summed E-state index contributed by atoms with van der Waals surface area (Å²) in [5, 5.41) is 88.6. The number of hydrogen-bond donors (Lipinski definition) is 0. The predicted octanol–water partition coefficient (Wildman–Crippen LogP) is 21.4. The normalized spacial score (nSPS) is 23.0. The summed E-state index contributed by atoms with van der Waals surface area (Å²) < 4.78 is 7.56. The van der Waals surface area contributed by atoms with Crippen molar-refractivity contribution in [1.29, 1.82) is 0 Å². The molecular formula is C80H15NO. The molecule has 37 rings (SSSR count). The second-order valence-corrected chi connectivity index (χ2v) is 29.1. The molecule has 31 aromatic carbocycles. The van der Waals surface area contributed by atoms with Crippen LogP contribution < -0.4 is 9.64 Å². The van der Waals surface area contributed by atoms with Crippen molar-refractivity contribution in [2.45, 2.75) is 22.9 Å². The van der Waals surface area contributed by atoms with Gasteiger partial charge in [0.05, 0.1) is 28.6 Å². The van der Waals surface area contributed by atoms with E-state index in [0.717, 1.165) is 11.5 Å². The first-order chi connectivity index (χ1) is 40.9. The van der Waals surface area contributed by atoms with Gasteiger partial charge in [0.25, 0.3) is 0 Å². The summed E-state index contributed by atoms with van der Waals surface area (Å²) in [7, 11) is 0. The third-order valence-electron chi connectivity index (χ3n) is 28.5. The summed E-state index contributed by atoms with van der Waals surface area (Å²) in [6.45, 7) is 0. The molecule has 4 aliphatic carbocycles. The minimum atomic E-state index is -0.560. The van der Waals surface area contributed by atoms with Crippen LogP contribution in [0.5, 0.6) is 11.5 Å². The third-order valence-corrected chi connectivity index (χ3v) is 28.5. The molecule has 2 spiro atoms. The molecule has 2 atom stereocenters. The van der Waals surface area contributed by atoms with Gasteiger partial charge in [-0.25, -0.2) is 0 Å². The molecule has 6 aliphatic rings. The lowest BCUT2D eigenvalue weighted by molar-refractivity contribution is 0.331. The van der Waals surface area contributed by atoms with Crippen LogP contribution in [-0.4, -0.2) is 0 Å². The van der Waals surface area contributed by atoms with E-state index in [1.165, 1.54) is 16.8 Å². The van der Waals surface area contributed by atoms with E-state index in [0.29, 0.717) is 0 Å². The number of anilines is 1. The van der Waals surface area contributed by atoms with Crippen molar-refractivity contribution in [3.05, 3.63) is 112 Å². The molecule has 0 bridgehead atoms. The molecular weight excluding hydrogens is 991 g/mol. The van der Waals surface area contributed by atoms with Gasteiger partial charge in [-0.15, -0.1) is 0 Å². The maximum Gasteiger partial charge on any atom is 0.150 e. The number of hydrogen-bond acceptors (Lipinski definition) is 2. The van der Waals surface area contributed by atoms with Crippen molar-refractivity contribution in [1.82, 2.24) is 0 Å². The van der Waals surface area contributed by atoms with E-state index in [-0.39, 0.29) is 12.1 Å². The first kappa shape index (κ1) is 31.5. The minimum Gasteiger partial charge on any atom is -0.455 e. The number of fused-ring (bicyclic) bond motifs is 5. The van der Waals surface area contributed by atoms with Gasteiger partial charge in [-0.2, -0.15) is 0 Å². The molecule has 1 fully saturated rings. The third kappa shape index (κ3) is 1.79. The van der Waals surface area contributed by atoms with Gasteiger partial charge in [-0.05, 0) is 337 Å². The number of ether oxygens (including phenoxy) is 1. The van der Waals surface area contributed by atoms with E-state index in [1.807, 2.05) is 0 Å². The van der Waals surface area contributed by atoms with Crippen molar-refractivity contribution in [2.24, 2.45) is 0 Å². The van der Waals surface area contributed by atoms with E-state index in [9.17, 15) is 0 Å². The molecule has 2 aliphatic heterocycles. The lowest BCUT2D eigenvalue weighted by atomic mass is 9.45. The smallest absolute Gasteiger partial charge is 0.150 e. The monoisotopic (exact) mass is 1010 g/mol. The fourth-order valence-corrected chi connectivity index (χ4v) is 28.3. The highest BCUT2D eigenvalue weighted by Crippen LogP contribution is 2.90. The van der Waals surface area contributed by atoms with Crippen molar-refractivity contribution in [2.75, 3.05) is 4.90 Å². The maximum atomic E-state index is 7.56. The molecule has 2 heterocycles. The fourth-order valence-electron chi connectivity index (χ4n) is 28.3. The van der Waals surface area contributed by atoms with Gasteiger partial charge in [0.1, 0.15) is 5.75 Å². The van der Waals surface area contributed by atoms with Crippen LogP contribution in [0.3, 0.4) is 0 Å². The van der Waals surface area contributed by atoms with Crippen LogP contribution in [0.25, 0.3) is 291 Å². The largest absolute Gasteiger partial charge is 0.455 e. The number of benzene rings is 21. The fraction of sp³-hybridized carbons (Fsp3) is 0.0500. The Kier molecular flexibility index (Phi) is 2.89. The molecule has 0 saturated carbocycles. The number of rotatable bonds is 1. The zero-order chi connectivity index (χ0) is 49.0. The Morgan fingerprint density at radius 2 is 0.451 bits per heavy atom. The van der Waals surface area contributed by atoms with E-state index < -0.39 is 10.8 Å². The van der Waals surface area contributed by atoms with Crippen LogP contribution in [0.15, 0.2) is 78.9 Å². The van der Waals surface area contributed by atoms with Gasteiger partial charge in [0.2, 0.25) is 0 Å².